The van der Waals surface area contributed by atoms with Crippen molar-refractivity contribution in [3.63, 3.8) is 0 Å². The minimum absolute atomic E-state index is 0.177. The fraction of sp³-hybridized carbons (Fsp3) is 0.368. The highest BCUT2D eigenvalue weighted by atomic mass is 32.2. The zero-order valence-electron chi connectivity index (χ0n) is 15.2. The normalized spacial score (nSPS) is 15.3. The monoisotopic (exact) mass is 407 g/mol. The van der Waals surface area contributed by atoms with Gasteiger partial charge in [-0.1, -0.05) is 43.0 Å². The molecule has 0 aliphatic carbocycles. The molecule has 1 aliphatic heterocycles. The smallest absolute Gasteiger partial charge is 0.337 e. The first kappa shape index (κ1) is 21.1. The summed E-state index contributed by atoms with van der Waals surface area (Å²) in [6.07, 6.45) is 3.27. The van der Waals surface area contributed by atoms with Gasteiger partial charge in [-0.05, 0) is 36.6 Å². The van der Waals surface area contributed by atoms with E-state index in [1.807, 2.05) is 6.92 Å². The summed E-state index contributed by atoms with van der Waals surface area (Å²) in [4.78, 5) is 37.6. The van der Waals surface area contributed by atoms with Crippen molar-refractivity contribution in [3.05, 3.63) is 40.3 Å². The molecule has 0 atom stereocenters. The highest BCUT2D eigenvalue weighted by Crippen LogP contribution is 2.32. The van der Waals surface area contributed by atoms with Crippen LogP contribution in [0.2, 0.25) is 0 Å². The van der Waals surface area contributed by atoms with Crippen molar-refractivity contribution in [3.8, 4) is 0 Å². The number of amides is 1. The molecule has 2 rings (SSSR count). The van der Waals surface area contributed by atoms with Crippen LogP contribution in [-0.2, 0) is 19.1 Å². The van der Waals surface area contributed by atoms with Crippen molar-refractivity contribution >= 4 is 52.2 Å². The molecular weight excluding hydrogens is 386 g/mol. The predicted octanol–water partition coefficient (Wildman–Crippen LogP) is 3.41. The van der Waals surface area contributed by atoms with Crippen LogP contribution in [0.25, 0.3) is 6.08 Å². The zero-order valence-corrected chi connectivity index (χ0v) is 16.9. The number of methoxy groups -OCH3 is 1. The van der Waals surface area contributed by atoms with Gasteiger partial charge in [0.1, 0.15) is 4.32 Å². The number of thiocarbonyl (C=S) groups is 1. The summed E-state index contributed by atoms with van der Waals surface area (Å²) in [5.41, 5.74) is 1.23. The van der Waals surface area contributed by atoms with E-state index in [2.05, 4.69) is 4.74 Å². The summed E-state index contributed by atoms with van der Waals surface area (Å²) in [6.45, 7) is 2.73. The Morgan fingerprint density at radius 2 is 1.96 bits per heavy atom. The van der Waals surface area contributed by atoms with Gasteiger partial charge >= 0.3 is 11.9 Å². The Labute approximate surface area is 167 Å². The van der Waals surface area contributed by atoms with Crippen molar-refractivity contribution in [1.29, 1.82) is 0 Å². The molecule has 0 N–H and O–H groups in total. The molecule has 0 radical (unpaired) electrons. The Bertz CT molecular complexity index is 758. The first-order valence-corrected chi connectivity index (χ1v) is 9.78. The third-order valence-electron chi connectivity index (χ3n) is 3.73. The van der Waals surface area contributed by atoms with Crippen molar-refractivity contribution in [1.82, 2.24) is 4.90 Å². The molecular formula is C19H21NO5S2. The number of hydrogen-bond donors (Lipinski definition) is 0. The Balaban J connectivity index is 1.95. The van der Waals surface area contributed by atoms with E-state index >= 15 is 0 Å². The number of esters is 2. The molecule has 8 heteroatoms. The molecule has 1 fully saturated rings. The molecule has 1 amide bonds. The molecule has 1 saturated heterocycles. The average Bonchev–Trinajstić information content (AvgIpc) is 2.93. The predicted molar refractivity (Wildman–Crippen MR) is 108 cm³/mol. The van der Waals surface area contributed by atoms with Crippen molar-refractivity contribution in [2.75, 3.05) is 20.3 Å². The van der Waals surface area contributed by atoms with E-state index in [1.165, 1.54) is 23.8 Å². The highest BCUT2D eigenvalue weighted by molar-refractivity contribution is 8.26. The molecule has 1 aromatic carbocycles. The van der Waals surface area contributed by atoms with Crippen LogP contribution in [0.15, 0.2) is 29.2 Å². The Morgan fingerprint density at radius 1 is 1.26 bits per heavy atom. The number of carbonyl (C=O) groups is 3. The number of benzene rings is 1. The molecule has 0 spiro atoms. The average molecular weight is 408 g/mol. The minimum atomic E-state index is -0.412. The number of rotatable bonds is 8. The molecule has 6 nitrogen and oxygen atoms in total. The molecule has 0 unspecified atom stereocenters. The van der Waals surface area contributed by atoms with Crippen LogP contribution in [0.3, 0.4) is 0 Å². The number of nitrogens with zero attached hydrogens (tertiary/aromatic N) is 1. The molecule has 0 bridgehead atoms. The number of ether oxygens (including phenoxy) is 2. The van der Waals surface area contributed by atoms with Crippen molar-refractivity contribution in [2.24, 2.45) is 0 Å². The lowest BCUT2D eigenvalue weighted by Crippen LogP contribution is -2.29. The highest BCUT2D eigenvalue weighted by Gasteiger charge is 2.31. The second-order valence-electron chi connectivity index (χ2n) is 5.77. The molecule has 144 valence electrons. The van der Waals surface area contributed by atoms with Gasteiger partial charge in [0.25, 0.3) is 5.91 Å². The fourth-order valence-electron chi connectivity index (χ4n) is 2.35. The molecule has 1 heterocycles. The maximum Gasteiger partial charge on any atom is 0.337 e. The molecule has 0 aromatic heterocycles. The van der Waals surface area contributed by atoms with E-state index in [-0.39, 0.29) is 18.3 Å². The topological polar surface area (TPSA) is 72.9 Å². The van der Waals surface area contributed by atoms with Gasteiger partial charge in [-0.3, -0.25) is 14.5 Å². The summed E-state index contributed by atoms with van der Waals surface area (Å²) >= 11 is 6.51. The Morgan fingerprint density at radius 3 is 2.59 bits per heavy atom. The van der Waals surface area contributed by atoms with Gasteiger partial charge in [-0.2, -0.15) is 0 Å². The Kier molecular flexibility index (Phi) is 7.99. The third-order valence-corrected chi connectivity index (χ3v) is 5.11. The maximum atomic E-state index is 12.5. The van der Waals surface area contributed by atoms with Crippen LogP contribution < -0.4 is 0 Å². The lowest BCUT2D eigenvalue weighted by atomic mass is 10.1. The van der Waals surface area contributed by atoms with E-state index in [0.29, 0.717) is 34.4 Å². The van der Waals surface area contributed by atoms with Crippen LogP contribution >= 0.6 is 24.0 Å². The summed E-state index contributed by atoms with van der Waals surface area (Å²) < 4.78 is 10.2. The second kappa shape index (κ2) is 10.2. The van der Waals surface area contributed by atoms with Crippen molar-refractivity contribution in [2.45, 2.75) is 26.2 Å². The standard InChI is InChI=1S/C19H21NO5S2/c1-3-11-25-16(21)5-4-10-20-17(22)15(27-19(20)26)12-13-6-8-14(9-7-13)18(23)24-2/h6-9,12H,3-5,10-11H2,1-2H3/b15-12-. The van der Waals surface area contributed by atoms with Crippen LogP contribution in [0, 0.1) is 0 Å². The quantitative estimate of drug-likeness (QED) is 0.371. The number of hydrogen-bond acceptors (Lipinski definition) is 7. The van der Waals surface area contributed by atoms with Gasteiger partial charge in [-0.25, -0.2) is 4.79 Å². The van der Waals surface area contributed by atoms with E-state index in [0.717, 1.165) is 12.0 Å². The van der Waals surface area contributed by atoms with Gasteiger partial charge in [-0.15, -0.1) is 0 Å². The summed E-state index contributed by atoms with van der Waals surface area (Å²) in [7, 11) is 1.32. The Hall–Kier alpha value is -2.19. The van der Waals surface area contributed by atoms with Gasteiger partial charge in [0.15, 0.2) is 0 Å². The molecule has 27 heavy (non-hydrogen) atoms. The van der Waals surface area contributed by atoms with Gasteiger partial charge in [0.2, 0.25) is 0 Å². The lowest BCUT2D eigenvalue weighted by molar-refractivity contribution is -0.144. The van der Waals surface area contributed by atoms with Crippen LogP contribution in [0.5, 0.6) is 0 Å². The first-order chi connectivity index (χ1) is 13.0. The fourth-order valence-corrected chi connectivity index (χ4v) is 3.66. The third kappa shape index (κ3) is 5.90. The molecule has 0 saturated carbocycles. The molecule has 1 aromatic rings. The lowest BCUT2D eigenvalue weighted by Gasteiger charge is -2.13. The van der Waals surface area contributed by atoms with Crippen LogP contribution in [-0.4, -0.2) is 47.3 Å². The van der Waals surface area contributed by atoms with E-state index in [1.54, 1.807) is 30.3 Å². The summed E-state index contributed by atoms with van der Waals surface area (Å²) in [5, 5.41) is 0. The number of carbonyl (C=O) groups excluding carboxylic acids is 3. The minimum Gasteiger partial charge on any atom is -0.466 e. The van der Waals surface area contributed by atoms with Gasteiger partial charge in [0, 0.05) is 13.0 Å². The van der Waals surface area contributed by atoms with Crippen LogP contribution in [0.4, 0.5) is 0 Å². The van der Waals surface area contributed by atoms with E-state index < -0.39 is 5.97 Å². The SMILES string of the molecule is CCCOC(=O)CCCN1C(=O)/C(=C/c2ccc(C(=O)OC)cc2)SC1=S. The summed E-state index contributed by atoms with van der Waals surface area (Å²) in [6, 6.07) is 6.76. The molecule has 1 aliphatic rings. The summed E-state index contributed by atoms with van der Waals surface area (Å²) in [5.74, 6) is -0.849. The maximum absolute atomic E-state index is 12.5. The van der Waals surface area contributed by atoms with E-state index in [4.69, 9.17) is 17.0 Å². The zero-order chi connectivity index (χ0) is 19.8. The van der Waals surface area contributed by atoms with Crippen molar-refractivity contribution < 1.29 is 23.9 Å². The van der Waals surface area contributed by atoms with E-state index in [9.17, 15) is 14.4 Å². The van der Waals surface area contributed by atoms with Gasteiger partial charge in [0.05, 0.1) is 24.2 Å². The number of thioether (sulfide) groups is 1. The van der Waals surface area contributed by atoms with Gasteiger partial charge < -0.3 is 9.47 Å². The second-order valence-corrected chi connectivity index (χ2v) is 7.45. The first-order valence-electron chi connectivity index (χ1n) is 8.55. The van der Waals surface area contributed by atoms with Crippen LogP contribution in [0.1, 0.15) is 42.1 Å². The largest absolute Gasteiger partial charge is 0.466 e.